The van der Waals surface area contributed by atoms with E-state index in [1.165, 1.54) is 0 Å². The molecule has 110 valence electrons. The Morgan fingerprint density at radius 2 is 2.00 bits per heavy atom. The van der Waals surface area contributed by atoms with Gasteiger partial charge < -0.3 is 14.7 Å². The minimum atomic E-state index is -0.753. The number of ether oxygens (including phenoxy) is 1. The summed E-state index contributed by atoms with van der Waals surface area (Å²) in [4.78, 5) is 24.4. The van der Waals surface area contributed by atoms with Crippen LogP contribution < -0.4 is 0 Å². The number of hydrogen-bond acceptors (Lipinski definition) is 3. The lowest BCUT2D eigenvalue weighted by Gasteiger charge is -2.30. The van der Waals surface area contributed by atoms with E-state index in [2.05, 4.69) is 13.8 Å². The van der Waals surface area contributed by atoms with Crippen molar-refractivity contribution >= 4 is 11.9 Å². The van der Waals surface area contributed by atoms with E-state index in [1.807, 2.05) is 0 Å². The molecule has 1 aliphatic heterocycles. The molecule has 1 N–H and O–H groups in total. The van der Waals surface area contributed by atoms with E-state index in [0.29, 0.717) is 38.5 Å². The second-order valence-electron chi connectivity index (χ2n) is 5.40. The third-order valence-electron chi connectivity index (χ3n) is 3.61. The summed E-state index contributed by atoms with van der Waals surface area (Å²) < 4.78 is 5.43. The summed E-state index contributed by atoms with van der Waals surface area (Å²) >= 11 is 0. The second-order valence-corrected chi connectivity index (χ2v) is 5.40. The Hall–Kier alpha value is -1.10. The van der Waals surface area contributed by atoms with Crippen LogP contribution in [0, 0.1) is 11.8 Å². The molecule has 0 aromatic carbocycles. The molecule has 0 bridgehead atoms. The number of likely N-dealkylation sites (tertiary alicyclic amines) is 1. The number of carboxylic acid groups (broad SMARTS) is 1. The van der Waals surface area contributed by atoms with Crippen molar-refractivity contribution in [2.45, 2.75) is 39.5 Å². The van der Waals surface area contributed by atoms with Crippen molar-refractivity contribution in [3.8, 4) is 0 Å². The van der Waals surface area contributed by atoms with E-state index in [0.717, 1.165) is 12.8 Å². The minimum absolute atomic E-state index is 0.0208. The molecule has 0 aromatic heterocycles. The Kier molecular flexibility index (Phi) is 6.84. The molecule has 19 heavy (non-hydrogen) atoms. The fraction of sp³-hybridized carbons (Fsp3) is 0.857. The summed E-state index contributed by atoms with van der Waals surface area (Å²) in [5, 5.41) is 8.89. The smallest absolute Gasteiger partial charge is 0.306 e. The van der Waals surface area contributed by atoms with Crippen molar-refractivity contribution in [1.82, 2.24) is 4.90 Å². The fourth-order valence-corrected chi connectivity index (χ4v) is 2.39. The largest absolute Gasteiger partial charge is 0.481 e. The maximum Gasteiger partial charge on any atom is 0.306 e. The molecule has 5 heteroatoms. The lowest BCUT2D eigenvalue weighted by molar-refractivity contribution is -0.147. The number of aliphatic carboxylic acids is 1. The predicted octanol–water partition coefficient (Wildman–Crippen LogP) is 1.76. The third-order valence-corrected chi connectivity index (χ3v) is 3.61. The number of amides is 1. The molecule has 1 heterocycles. The summed E-state index contributed by atoms with van der Waals surface area (Å²) in [6.07, 6.45) is 3.33. The first kappa shape index (κ1) is 16.0. The first-order valence-electron chi connectivity index (χ1n) is 7.12. The molecule has 0 saturated carbocycles. The van der Waals surface area contributed by atoms with Crippen LogP contribution in [0.2, 0.25) is 0 Å². The highest BCUT2D eigenvalue weighted by Gasteiger charge is 2.26. The monoisotopic (exact) mass is 271 g/mol. The van der Waals surface area contributed by atoms with Crippen LogP contribution in [-0.4, -0.2) is 48.2 Å². The number of rotatable bonds is 7. The molecule has 1 atom stereocenters. The van der Waals surface area contributed by atoms with Crippen molar-refractivity contribution in [3.05, 3.63) is 0 Å². The number of hydrogen-bond donors (Lipinski definition) is 1. The van der Waals surface area contributed by atoms with Crippen LogP contribution >= 0.6 is 0 Å². The fourth-order valence-electron chi connectivity index (χ4n) is 2.39. The number of carbonyl (C=O) groups excluding carboxylic acids is 1. The van der Waals surface area contributed by atoms with E-state index >= 15 is 0 Å². The van der Waals surface area contributed by atoms with Crippen LogP contribution in [0.25, 0.3) is 0 Å². The normalized spacial score (nSPS) is 18.3. The van der Waals surface area contributed by atoms with E-state index in [1.54, 1.807) is 4.90 Å². The van der Waals surface area contributed by atoms with E-state index < -0.39 is 5.97 Å². The minimum Gasteiger partial charge on any atom is -0.481 e. The Labute approximate surface area is 114 Å². The number of carbonyl (C=O) groups is 2. The SMILES string of the molecule is CCCC(C)COCC(=O)N1CCC(C(=O)O)CC1. The topological polar surface area (TPSA) is 66.8 Å². The highest BCUT2D eigenvalue weighted by molar-refractivity contribution is 5.78. The van der Waals surface area contributed by atoms with E-state index in [-0.39, 0.29) is 18.4 Å². The number of piperidine rings is 1. The summed E-state index contributed by atoms with van der Waals surface area (Å²) in [5.74, 6) is -0.589. The van der Waals surface area contributed by atoms with E-state index in [4.69, 9.17) is 9.84 Å². The highest BCUT2D eigenvalue weighted by Crippen LogP contribution is 2.17. The number of nitrogens with zero attached hydrogens (tertiary/aromatic N) is 1. The van der Waals surface area contributed by atoms with Gasteiger partial charge in [-0.05, 0) is 25.2 Å². The van der Waals surface area contributed by atoms with Crippen LogP contribution in [0.1, 0.15) is 39.5 Å². The van der Waals surface area contributed by atoms with Crippen LogP contribution in [0.4, 0.5) is 0 Å². The van der Waals surface area contributed by atoms with Gasteiger partial charge in [-0.25, -0.2) is 0 Å². The second kappa shape index (κ2) is 8.15. The standard InChI is InChI=1S/C14H25NO4/c1-3-4-11(2)9-19-10-13(16)15-7-5-12(6-8-15)14(17)18/h11-12H,3-10H2,1-2H3,(H,17,18). The zero-order valence-corrected chi connectivity index (χ0v) is 11.9. The van der Waals surface area contributed by atoms with Crippen molar-refractivity contribution in [2.24, 2.45) is 11.8 Å². The quantitative estimate of drug-likeness (QED) is 0.766. The lowest BCUT2D eigenvalue weighted by atomic mass is 9.97. The lowest BCUT2D eigenvalue weighted by Crippen LogP contribution is -2.42. The molecule has 1 amide bonds. The molecule has 0 aliphatic carbocycles. The highest BCUT2D eigenvalue weighted by atomic mass is 16.5. The molecule has 0 aromatic rings. The maximum absolute atomic E-state index is 11.9. The van der Waals surface area contributed by atoms with Gasteiger partial charge in [-0.2, -0.15) is 0 Å². The van der Waals surface area contributed by atoms with E-state index in [9.17, 15) is 9.59 Å². The molecular weight excluding hydrogens is 246 g/mol. The Morgan fingerprint density at radius 3 is 2.53 bits per heavy atom. The Bertz CT molecular complexity index is 298. The van der Waals surface area contributed by atoms with Crippen LogP contribution in [0.5, 0.6) is 0 Å². The van der Waals surface area contributed by atoms with Gasteiger partial charge in [0.2, 0.25) is 5.91 Å². The predicted molar refractivity (Wildman–Crippen MR) is 71.8 cm³/mol. The Balaban J connectivity index is 2.19. The molecule has 1 rings (SSSR count). The average molecular weight is 271 g/mol. The van der Waals surface area contributed by atoms with Gasteiger partial charge in [-0.1, -0.05) is 20.3 Å². The summed E-state index contributed by atoms with van der Waals surface area (Å²) in [6.45, 7) is 6.05. The molecule has 1 saturated heterocycles. The molecular formula is C14H25NO4. The van der Waals surface area contributed by atoms with Crippen molar-refractivity contribution in [1.29, 1.82) is 0 Å². The molecule has 5 nitrogen and oxygen atoms in total. The van der Waals surface area contributed by atoms with Gasteiger partial charge in [0.15, 0.2) is 0 Å². The molecule has 0 radical (unpaired) electrons. The molecule has 1 aliphatic rings. The van der Waals surface area contributed by atoms with Gasteiger partial charge in [0.25, 0.3) is 0 Å². The van der Waals surface area contributed by atoms with Crippen LogP contribution in [-0.2, 0) is 14.3 Å². The zero-order valence-electron chi connectivity index (χ0n) is 11.9. The first-order valence-corrected chi connectivity index (χ1v) is 7.12. The van der Waals surface area contributed by atoms with Crippen molar-refractivity contribution in [2.75, 3.05) is 26.3 Å². The molecule has 1 fully saturated rings. The van der Waals surface area contributed by atoms with Gasteiger partial charge in [-0.3, -0.25) is 9.59 Å². The van der Waals surface area contributed by atoms with Crippen LogP contribution in [0.3, 0.4) is 0 Å². The first-order chi connectivity index (χ1) is 9.04. The summed E-state index contributed by atoms with van der Waals surface area (Å²) in [6, 6.07) is 0. The maximum atomic E-state index is 11.9. The third kappa shape index (κ3) is 5.59. The van der Waals surface area contributed by atoms with Gasteiger partial charge in [0.05, 0.1) is 5.92 Å². The Morgan fingerprint density at radius 1 is 1.37 bits per heavy atom. The van der Waals surface area contributed by atoms with Crippen molar-refractivity contribution in [3.63, 3.8) is 0 Å². The zero-order chi connectivity index (χ0) is 14.3. The van der Waals surface area contributed by atoms with Gasteiger partial charge >= 0.3 is 5.97 Å². The van der Waals surface area contributed by atoms with Crippen LogP contribution in [0.15, 0.2) is 0 Å². The summed E-state index contributed by atoms with van der Waals surface area (Å²) in [5.41, 5.74) is 0. The average Bonchev–Trinajstić information content (AvgIpc) is 2.39. The van der Waals surface area contributed by atoms with Gasteiger partial charge in [0.1, 0.15) is 6.61 Å². The molecule has 1 unspecified atom stereocenters. The van der Waals surface area contributed by atoms with Crippen molar-refractivity contribution < 1.29 is 19.4 Å². The summed E-state index contributed by atoms with van der Waals surface area (Å²) in [7, 11) is 0. The van der Waals surface area contributed by atoms with Gasteiger partial charge in [0, 0.05) is 19.7 Å². The number of carboxylic acids is 1. The molecule has 0 spiro atoms. The van der Waals surface area contributed by atoms with Gasteiger partial charge in [-0.15, -0.1) is 0 Å².